The van der Waals surface area contributed by atoms with Gasteiger partial charge in [0, 0.05) is 0 Å². The summed E-state index contributed by atoms with van der Waals surface area (Å²) in [6.45, 7) is 0. The molecule has 3 aliphatic rings. The van der Waals surface area contributed by atoms with Crippen molar-refractivity contribution in [1.82, 2.24) is 10.9 Å². The Morgan fingerprint density at radius 3 is 1.42 bits per heavy atom. The van der Waals surface area contributed by atoms with Gasteiger partial charge in [-0.2, -0.15) is 0 Å². The average molecular weight is 385 g/mol. The molecule has 1 saturated heterocycles. The zero-order valence-electron chi connectivity index (χ0n) is 8.74. The summed E-state index contributed by atoms with van der Waals surface area (Å²) in [5.74, 6) is -3.36. The van der Waals surface area contributed by atoms with E-state index in [0.29, 0.717) is 0 Å². The van der Waals surface area contributed by atoms with Crippen molar-refractivity contribution in [1.29, 1.82) is 0 Å². The summed E-state index contributed by atoms with van der Waals surface area (Å²) in [6, 6.07) is 0. The average Bonchev–Trinajstić information content (AvgIpc) is 2.55. The van der Waals surface area contributed by atoms with E-state index in [4.69, 9.17) is 69.6 Å². The lowest BCUT2D eigenvalue weighted by Gasteiger charge is -2.37. The first-order valence-corrected chi connectivity index (χ1v) is 7.30. The second-order valence-electron chi connectivity index (χ2n) is 4.56. The first kappa shape index (κ1) is 14.4. The standard InChI is InChI=1S/C9H4Cl6N2O2/c10-3-4(11)8(13)2-1(5(18)16-17-6(2)19)7(3,12)9(8,14)15/h1-2H,(H,16,18)(H,17,19)/t1-,2-,7+,8+/m0/s1. The molecule has 2 bridgehead atoms. The van der Waals surface area contributed by atoms with E-state index in [1.165, 1.54) is 0 Å². The molecule has 104 valence electrons. The Bertz CT molecular complexity index is 517. The van der Waals surface area contributed by atoms with Crippen LogP contribution in [0, 0.1) is 11.8 Å². The van der Waals surface area contributed by atoms with Gasteiger partial charge in [0.1, 0.15) is 9.75 Å². The summed E-state index contributed by atoms with van der Waals surface area (Å²) in [4.78, 5) is 20.5. The number of carbonyl (C=O) groups excluding carboxylic acids is 2. The SMILES string of the molecule is O=C1NNC(=O)[C@@H]2[C@@H]1[C@@]1(Cl)C(Cl)=C(Cl)[C@@]2(Cl)C1(Cl)Cl. The van der Waals surface area contributed by atoms with Crippen LogP contribution in [0.15, 0.2) is 10.1 Å². The molecule has 0 aromatic rings. The second kappa shape index (κ2) is 3.79. The van der Waals surface area contributed by atoms with E-state index in [-0.39, 0.29) is 10.1 Å². The molecule has 4 atom stereocenters. The van der Waals surface area contributed by atoms with Gasteiger partial charge in [-0.3, -0.25) is 20.4 Å². The molecule has 0 aromatic carbocycles. The predicted octanol–water partition coefficient (Wildman–Crippen LogP) is 2.23. The Kier molecular flexibility index (Phi) is 2.86. The van der Waals surface area contributed by atoms with Gasteiger partial charge in [0.15, 0.2) is 4.33 Å². The smallest absolute Gasteiger partial charge is 0.244 e. The fourth-order valence-electron chi connectivity index (χ4n) is 2.93. The summed E-state index contributed by atoms with van der Waals surface area (Å²) in [7, 11) is 0. The van der Waals surface area contributed by atoms with E-state index in [9.17, 15) is 9.59 Å². The van der Waals surface area contributed by atoms with E-state index in [1.807, 2.05) is 0 Å². The molecule has 2 aliphatic carbocycles. The molecule has 0 unspecified atom stereocenters. The fourth-order valence-corrected chi connectivity index (χ4v) is 5.87. The number of nitrogens with one attached hydrogen (secondary N) is 2. The van der Waals surface area contributed by atoms with Crippen molar-refractivity contribution in [2.45, 2.75) is 14.1 Å². The maximum Gasteiger partial charge on any atom is 0.244 e. The summed E-state index contributed by atoms with van der Waals surface area (Å²) < 4.78 is -1.90. The molecule has 3 rings (SSSR count). The predicted molar refractivity (Wildman–Crippen MR) is 73.6 cm³/mol. The van der Waals surface area contributed by atoms with Crippen LogP contribution in [0.2, 0.25) is 0 Å². The first-order chi connectivity index (χ1) is 8.61. The molecule has 2 amide bonds. The minimum Gasteiger partial charge on any atom is -0.273 e. The van der Waals surface area contributed by atoms with Crippen LogP contribution < -0.4 is 10.9 Å². The molecule has 0 aromatic heterocycles. The number of halogens is 6. The lowest BCUT2D eigenvalue weighted by atomic mass is 9.80. The third-order valence-electron chi connectivity index (χ3n) is 3.81. The van der Waals surface area contributed by atoms with Gasteiger partial charge >= 0.3 is 0 Å². The molecule has 4 nitrogen and oxygen atoms in total. The van der Waals surface area contributed by atoms with Gasteiger partial charge in [0.25, 0.3) is 0 Å². The minimum absolute atomic E-state index is 0.109. The topological polar surface area (TPSA) is 58.2 Å². The lowest BCUT2D eigenvalue weighted by Crippen LogP contribution is -2.62. The van der Waals surface area contributed by atoms with Gasteiger partial charge in [-0.25, -0.2) is 0 Å². The van der Waals surface area contributed by atoms with Crippen molar-refractivity contribution < 1.29 is 9.59 Å². The van der Waals surface area contributed by atoms with Gasteiger partial charge in [-0.1, -0.05) is 46.4 Å². The van der Waals surface area contributed by atoms with Crippen LogP contribution in [0.4, 0.5) is 0 Å². The number of alkyl halides is 4. The largest absolute Gasteiger partial charge is 0.273 e. The Hall–Kier alpha value is 0.420. The summed E-state index contributed by atoms with van der Waals surface area (Å²) in [6.07, 6.45) is 0. The highest BCUT2D eigenvalue weighted by Crippen LogP contribution is 2.76. The molecule has 1 heterocycles. The van der Waals surface area contributed by atoms with E-state index >= 15 is 0 Å². The van der Waals surface area contributed by atoms with Crippen molar-refractivity contribution in [2.24, 2.45) is 11.8 Å². The Morgan fingerprint density at radius 1 is 0.789 bits per heavy atom. The summed E-state index contributed by atoms with van der Waals surface area (Å²) >= 11 is 37.4. The number of hydrogen-bond acceptors (Lipinski definition) is 2. The monoisotopic (exact) mass is 382 g/mol. The molecule has 10 heteroatoms. The lowest BCUT2D eigenvalue weighted by molar-refractivity contribution is -0.143. The number of hydrazine groups is 1. The zero-order chi connectivity index (χ0) is 14.4. The summed E-state index contributed by atoms with van der Waals surface area (Å²) in [5.41, 5.74) is 4.36. The van der Waals surface area contributed by atoms with Gasteiger partial charge in [-0.15, -0.1) is 23.2 Å². The van der Waals surface area contributed by atoms with E-state index in [2.05, 4.69) is 10.9 Å². The van der Waals surface area contributed by atoms with Crippen molar-refractivity contribution in [3.8, 4) is 0 Å². The number of hydrogen-bond donors (Lipinski definition) is 2. The molecule has 1 aliphatic heterocycles. The number of rotatable bonds is 0. The molecule has 0 spiro atoms. The molecule has 0 radical (unpaired) electrons. The third kappa shape index (κ3) is 1.23. The van der Waals surface area contributed by atoms with Crippen molar-refractivity contribution in [3.05, 3.63) is 10.1 Å². The fraction of sp³-hybridized carbons (Fsp3) is 0.556. The molecule has 2 N–H and O–H groups in total. The minimum atomic E-state index is -1.90. The second-order valence-corrected chi connectivity index (χ2v) is 7.84. The first-order valence-electron chi connectivity index (χ1n) is 5.03. The van der Waals surface area contributed by atoms with Gasteiger partial charge < -0.3 is 0 Å². The molecule has 1 saturated carbocycles. The molecular weight excluding hydrogens is 381 g/mol. The number of amides is 2. The molecule has 2 fully saturated rings. The van der Waals surface area contributed by atoms with Crippen LogP contribution in [-0.2, 0) is 9.59 Å². The number of fused-ring (bicyclic) bond motifs is 5. The van der Waals surface area contributed by atoms with Crippen molar-refractivity contribution in [2.75, 3.05) is 0 Å². The van der Waals surface area contributed by atoms with E-state index in [0.717, 1.165) is 0 Å². The Morgan fingerprint density at radius 2 is 1.11 bits per heavy atom. The highest BCUT2D eigenvalue weighted by atomic mass is 35.5. The highest BCUT2D eigenvalue weighted by molar-refractivity contribution is 6.66. The third-order valence-corrected chi connectivity index (χ3v) is 8.07. The van der Waals surface area contributed by atoms with Gasteiger partial charge in [0.2, 0.25) is 11.8 Å². The van der Waals surface area contributed by atoms with Crippen LogP contribution in [-0.4, -0.2) is 25.9 Å². The Labute approximate surface area is 137 Å². The van der Waals surface area contributed by atoms with Crippen LogP contribution in [0.5, 0.6) is 0 Å². The van der Waals surface area contributed by atoms with E-state index < -0.39 is 37.7 Å². The maximum atomic E-state index is 12.0. The molecular formula is C9H4Cl6N2O2. The van der Waals surface area contributed by atoms with Crippen LogP contribution in [0.3, 0.4) is 0 Å². The maximum absolute atomic E-state index is 12.0. The quantitative estimate of drug-likeness (QED) is 0.629. The Balaban J connectivity index is 2.35. The van der Waals surface area contributed by atoms with E-state index in [1.54, 1.807) is 0 Å². The van der Waals surface area contributed by atoms with Crippen molar-refractivity contribution >= 4 is 81.4 Å². The van der Waals surface area contributed by atoms with Crippen LogP contribution in [0.1, 0.15) is 0 Å². The normalized spacial score (nSPS) is 47.1. The van der Waals surface area contributed by atoms with Crippen LogP contribution in [0.25, 0.3) is 0 Å². The van der Waals surface area contributed by atoms with Gasteiger partial charge in [0.05, 0.1) is 21.9 Å². The summed E-state index contributed by atoms with van der Waals surface area (Å²) in [5, 5.41) is -0.219. The zero-order valence-corrected chi connectivity index (χ0v) is 13.3. The number of carbonyl (C=O) groups is 2. The van der Waals surface area contributed by atoms with Gasteiger partial charge in [-0.05, 0) is 0 Å². The molecule has 19 heavy (non-hydrogen) atoms. The van der Waals surface area contributed by atoms with Crippen molar-refractivity contribution in [3.63, 3.8) is 0 Å². The number of allylic oxidation sites excluding steroid dienone is 2. The highest BCUT2D eigenvalue weighted by Gasteiger charge is 2.85. The van der Waals surface area contributed by atoms with Crippen LogP contribution >= 0.6 is 69.6 Å².